The van der Waals surface area contributed by atoms with E-state index in [9.17, 15) is 4.79 Å². The van der Waals surface area contributed by atoms with E-state index in [1.54, 1.807) is 17.8 Å². The maximum atomic E-state index is 12.3. The van der Waals surface area contributed by atoms with Crippen molar-refractivity contribution in [3.63, 3.8) is 0 Å². The third kappa shape index (κ3) is 2.90. The maximum absolute atomic E-state index is 12.3. The van der Waals surface area contributed by atoms with E-state index < -0.39 is 0 Å². The molecule has 4 rings (SSSR count). The van der Waals surface area contributed by atoms with Crippen molar-refractivity contribution in [2.24, 2.45) is 0 Å². The van der Waals surface area contributed by atoms with E-state index in [0.717, 1.165) is 41.7 Å². The number of anilines is 2. The predicted molar refractivity (Wildman–Crippen MR) is 87.6 cm³/mol. The maximum Gasteiger partial charge on any atom is 0.278 e. The lowest BCUT2D eigenvalue weighted by molar-refractivity contribution is 0.101. The van der Waals surface area contributed by atoms with Gasteiger partial charge in [-0.1, -0.05) is 5.16 Å². The van der Waals surface area contributed by atoms with Gasteiger partial charge in [0.1, 0.15) is 0 Å². The van der Waals surface area contributed by atoms with Gasteiger partial charge in [-0.25, -0.2) is 0 Å². The summed E-state index contributed by atoms with van der Waals surface area (Å²) in [6.45, 7) is 2.00. The number of aromatic nitrogens is 3. The SMILES string of the molecule is O=C(Nc1onc2c1CSC2)c1ccc(N2CCCCC2)nn1. The average molecular weight is 331 g/mol. The van der Waals surface area contributed by atoms with Crippen LogP contribution in [0.25, 0.3) is 0 Å². The predicted octanol–water partition coefficient (Wildman–Crippen LogP) is 2.45. The minimum Gasteiger partial charge on any atom is -0.355 e. The first kappa shape index (κ1) is 14.5. The van der Waals surface area contributed by atoms with E-state index in [1.807, 2.05) is 6.07 Å². The minimum atomic E-state index is -0.321. The van der Waals surface area contributed by atoms with Crippen molar-refractivity contribution in [2.45, 2.75) is 30.8 Å². The number of hydrogen-bond donors (Lipinski definition) is 1. The number of amides is 1. The Morgan fingerprint density at radius 3 is 2.83 bits per heavy atom. The summed E-state index contributed by atoms with van der Waals surface area (Å²) in [7, 11) is 0. The van der Waals surface area contributed by atoms with Crippen LogP contribution in [-0.2, 0) is 11.5 Å². The van der Waals surface area contributed by atoms with Gasteiger partial charge in [0.15, 0.2) is 11.5 Å². The first-order valence-corrected chi connectivity index (χ1v) is 8.92. The molecule has 23 heavy (non-hydrogen) atoms. The Morgan fingerprint density at radius 1 is 1.17 bits per heavy atom. The number of rotatable bonds is 3. The van der Waals surface area contributed by atoms with Gasteiger partial charge in [0.2, 0.25) is 5.88 Å². The van der Waals surface area contributed by atoms with Crippen LogP contribution in [0.1, 0.15) is 41.0 Å². The fourth-order valence-electron chi connectivity index (χ4n) is 2.86. The van der Waals surface area contributed by atoms with Crippen LogP contribution >= 0.6 is 11.8 Å². The topological polar surface area (TPSA) is 84.2 Å². The van der Waals surface area contributed by atoms with Crippen molar-refractivity contribution in [1.82, 2.24) is 15.4 Å². The quantitative estimate of drug-likeness (QED) is 0.924. The highest BCUT2D eigenvalue weighted by Crippen LogP contribution is 2.34. The fraction of sp³-hybridized carbons (Fsp3) is 0.467. The van der Waals surface area contributed by atoms with Gasteiger partial charge in [-0.3, -0.25) is 10.1 Å². The molecule has 0 radical (unpaired) electrons. The molecule has 4 heterocycles. The first-order chi connectivity index (χ1) is 11.3. The molecule has 7 nitrogen and oxygen atoms in total. The monoisotopic (exact) mass is 331 g/mol. The van der Waals surface area contributed by atoms with Gasteiger partial charge in [-0.05, 0) is 31.4 Å². The van der Waals surface area contributed by atoms with Gasteiger partial charge >= 0.3 is 0 Å². The van der Waals surface area contributed by atoms with E-state index in [1.165, 1.54) is 19.3 Å². The molecule has 0 atom stereocenters. The molecule has 1 amide bonds. The Bertz CT molecular complexity index is 709. The van der Waals surface area contributed by atoms with Gasteiger partial charge in [0, 0.05) is 24.6 Å². The molecule has 0 unspecified atom stereocenters. The summed E-state index contributed by atoms with van der Waals surface area (Å²) < 4.78 is 5.20. The van der Waals surface area contributed by atoms with Crippen LogP contribution in [0.4, 0.5) is 11.7 Å². The molecule has 1 saturated heterocycles. The molecule has 1 fully saturated rings. The van der Waals surface area contributed by atoms with Gasteiger partial charge < -0.3 is 9.42 Å². The zero-order chi connectivity index (χ0) is 15.6. The zero-order valence-electron chi connectivity index (χ0n) is 12.6. The second-order valence-corrected chi connectivity index (χ2v) is 6.69. The van der Waals surface area contributed by atoms with Gasteiger partial charge in [-0.2, -0.15) is 11.8 Å². The molecule has 0 aromatic carbocycles. The number of fused-ring (bicyclic) bond motifs is 1. The van der Waals surface area contributed by atoms with Gasteiger partial charge in [0.05, 0.1) is 11.3 Å². The second kappa shape index (κ2) is 6.19. The van der Waals surface area contributed by atoms with Crippen LogP contribution in [0, 0.1) is 0 Å². The fourth-order valence-corrected chi connectivity index (χ4v) is 3.88. The Balaban J connectivity index is 1.45. The van der Waals surface area contributed by atoms with Crippen molar-refractivity contribution in [1.29, 1.82) is 0 Å². The van der Waals surface area contributed by atoms with Crippen LogP contribution in [-0.4, -0.2) is 34.4 Å². The Morgan fingerprint density at radius 2 is 2.04 bits per heavy atom. The summed E-state index contributed by atoms with van der Waals surface area (Å²) in [4.78, 5) is 14.5. The molecule has 2 aromatic rings. The summed E-state index contributed by atoms with van der Waals surface area (Å²) in [5.41, 5.74) is 2.17. The van der Waals surface area contributed by atoms with Crippen molar-refractivity contribution in [2.75, 3.05) is 23.3 Å². The molecule has 2 aliphatic heterocycles. The number of nitrogens with zero attached hydrogens (tertiary/aromatic N) is 4. The normalized spacial score (nSPS) is 17.1. The number of thioether (sulfide) groups is 1. The molecular formula is C15H17N5O2S. The summed E-state index contributed by atoms with van der Waals surface area (Å²) in [6.07, 6.45) is 3.63. The first-order valence-electron chi connectivity index (χ1n) is 7.76. The van der Waals surface area contributed by atoms with E-state index in [4.69, 9.17) is 4.52 Å². The van der Waals surface area contributed by atoms with Crippen molar-refractivity contribution in [3.05, 3.63) is 29.1 Å². The van der Waals surface area contributed by atoms with Gasteiger partial charge in [-0.15, -0.1) is 10.2 Å². The Kier molecular flexibility index (Phi) is 3.90. The number of piperidine rings is 1. The number of carbonyl (C=O) groups is 1. The zero-order valence-corrected chi connectivity index (χ0v) is 13.4. The van der Waals surface area contributed by atoms with Gasteiger partial charge in [0.25, 0.3) is 5.91 Å². The third-order valence-electron chi connectivity index (χ3n) is 4.14. The Labute approximate surface area is 137 Å². The van der Waals surface area contributed by atoms with Crippen LogP contribution in [0.5, 0.6) is 0 Å². The molecule has 120 valence electrons. The van der Waals surface area contributed by atoms with Crippen LogP contribution in [0.3, 0.4) is 0 Å². The molecular weight excluding hydrogens is 314 g/mol. The molecule has 0 spiro atoms. The Hall–Kier alpha value is -2.09. The summed E-state index contributed by atoms with van der Waals surface area (Å²) in [5, 5.41) is 15.0. The molecule has 2 aromatic heterocycles. The summed E-state index contributed by atoms with van der Waals surface area (Å²) >= 11 is 1.76. The van der Waals surface area contributed by atoms with Crippen LogP contribution < -0.4 is 10.2 Å². The number of nitrogens with one attached hydrogen (secondary N) is 1. The summed E-state index contributed by atoms with van der Waals surface area (Å²) in [6, 6.07) is 3.56. The van der Waals surface area contributed by atoms with Crippen molar-refractivity contribution >= 4 is 29.4 Å². The average Bonchev–Trinajstić information content (AvgIpc) is 3.21. The van der Waals surface area contributed by atoms with Crippen molar-refractivity contribution < 1.29 is 9.32 Å². The lowest BCUT2D eigenvalue weighted by atomic mass is 10.1. The molecule has 0 saturated carbocycles. The number of hydrogen-bond acceptors (Lipinski definition) is 7. The molecule has 8 heteroatoms. The number of carbonyl (C=O) groups excluding carboxylic acids is 1. The summed E-state index contributed by atoms with van der Waals surface area (Å²) in [5.74, 6) is 2.58. The lowest BCUT2D eigenvalue weighted by Gasteiger charge is -2.27. The highest BCUT2D eigenvalue weighted by Gasteiger charge is 2.23. The highest BCUT2D eigenvalue weighted by atomic mass is 32.2. The van der Waals surface area contributed by atoms with Crippen molar-refractivity contribution in [3.8, 4) is 0 Å². The van der Waals surface area contributed by atoms with Crippen LogP contribution in [0.2, 0.25) is 0 Å². The molecule has 0 aliphatic carbocycles. The van der Waals surface area contributed by atoms with E-state index in [2.05, 4.69) is 25.6 Å². The minimum absolute atomic E-state index is 0.279. The standard InChI is InChI=1S/C15H17N5O2S/c21-14(16-15-10-8-23-9-12(10)19-22-15)11-4-5-13(18-17-11)20-6-2-1-3-7-20/h4-5H,1-3,6-9H2,(H,16,21). The van der Waals surface area contributed by atoms with E-state index >= 15 is 0 Å². The molecule has 0 bridgehead atoms. The van der Waals surface area contributed by atoms with E-state index in [-0.39, 0.29) is 11.6 Å². The largest absolute Gasteiger partial charge is 0.355 e. The lowest BCUT2D eigenvalue weighted by Crippen LogP contribution is -2.30. The van der Waals surface area contributed by atoms with E-state index in [0.29, 0.717) is 5.88 Å². The molecule has 1 N–H and O–H groups in total. The highest BCUT2D eigenvalue weighted by molar-refractivity contribution is 7.98. The third-order valence-corrected chi connectivity index (χ3v) is 5.12. The molecule has 2 aliphatic rings. The smallest absolute Gasteiger partial charge is 0.278 e. The van der Waals surface area contributed by atoms with Crippen LogP contribution in [0.15, 0.2) is 16.7 Å². The second-order valence-electron chi connectivity index (χ2n) is 5.71.